The van der Waals surface area contributed by atoms with Gasteiger partial charge in [-0.3, -0.25) is 9.89 Å². The van der Waals surface area contributed by atoms with Crippen LogP contribution in [-0.2, 0) is 0 Å². The molecule has 0 aliphatic carbocycles. The monoisotopic (exact) mass is 302 g/mol. The standard InChI is InChI=1S/C8H4Br2N2O/c9-4-1-5-7(3-13)11-12-8(5)6(10)2-4/h1-3H,(H,11,12). The zero-order valence-electron chi connectivity index (χ0n) is 6.34. The Labute approximate surface area is 90.8 Å². The summed E-state index contributed by atoms with van der Waals surface area (Å²) in [6.07, 6.45) is 0.758. The third-order valence-electron chi connectivity index (χ3n) is 1.72. The van der Waals surface area contributed by atoms with Crippen LogP contribution in [0.1, 0.15) is 10.5 Å². The van der Waals surface area contributed by atoms with Gasteiger partial charge >= 0.3 is 0 Å². The van der Waals surface area contributed by atoms with Crippen LogP contribution in [0.4, 0.5) is 0 Å². The minimum Gasteiger partial charge on any atom is -0.296 e. The lowest BCUT2D eigenvalue weighted by Gasteiger charge is -1.94. The predicted octanol–water partition coefficient (Wildman–Crippen LogP) is 2.90. The quantitative estimate of drug-likeness (QED) is 0.823. The van der Waals surface area contributed by atoms with Gasteiger partial charge in [0, 0.05) is 14.3 Å². The Kier molecular flexibility index (Phi) is 2.21. The molecule has 0 aliphatic rings. The Morgan fingerprint density at radius 2 is 2.15 bits per heavy atom. The SMILES string of the molecule is O=Cc1[nH]nc2c(Br)cc(Br)cc12. The van der Waals surface area contributed by atoms with Gasteiger partial charge in [-0.05, 0) is 28.1 Å². The highest BCUT2D eigenvalue weighted by atomic mass is 79.9. The lowest BCUT2D eigenvalue weighted by Crippen LogP contribution is -1.78. The number of hydrogen-bond donors (Lipinski definition) is 1. The number of hydrogen-bond acceptors (Lipinski definition) is 2. The van der Waals surface area contributed by atoms with Crippen molar-refractivity contribution < 1.29 is 4.79 Å². The smallest absolute Gasteiger partial charge is 0.168 e. The van der Waals surface area contributed by atoms with E-state index in [1.807, 2.05) is 12.1 Å². The van der Waals surface area contributed by atoms with Gasteiger partial charge in [0.2, 0.25) is 0 Å². The zero-order valence-corrected chi connectivity index (χ0v) is 9.52. The number of carbonyl (C=O) groups is 1. The van der Waals surface area contributed by atoms with Gasteiger partial charge in [-0.2, -0.15) is 5.10 Å². The Morgan fingerprint density at radius 3 is 2.85 bits per heavy atom. The topological polar surface area (TPSA) is 45.8 Å². The zero-order chi connectivity index (χ0) is 9.42. The van der Waals surface area contributed by atoms with E-state index < -0.39 is 0 Å². The average Bonchev–Trinajstić information content (AvgIpc) is 2.47. The molecular weight excluding hydrogens is 300 g/mol. The number of benzene rings is 1. The number of aldehydes is 1. The van der Waals surface area contributed by atoms with Crippen molar-refractivity contribution in [2.75, 3.05) is 0 Å². The van der Waals surface area contributed by atoms with Crippen molar-refractivity contribution in [1.29, 1.82) is 0 Å². The maximum absolute atomic E-state index is 10.6. The largest absolute Gasteiger partial charge is 0.296 e. The molecule has 0 fully saturated rings. The molecular formula is C8H4Br2N2O. The van der Waals surface area contributed by atoms with Crippen molar-refractivity contribution in [2.45, 2.75) is 0 Å². The molecule has 2 aromatic rings. The molecule has 2 rings (SSSR count). The molecule has 1 N–H and O–H groups in total. The molecule has 0 amide bonds. The first-order valence-electron chi connectivity index (χ1n) is 3.50. The number of nitrogens with zero attached hydrogens (tertiary/aromatic N) is 1. The summed E-state index contributed by atoms with van der Waals surface area (Å²) in [5, 5.41) is 7.48. The minimum absolute atomic E-state index is 0.497. The number of aromatic amines is 1. The number of carbonyl (C=O) groups excluding carboxylic acids is 1. The van der Waals surface area contributed by atoms with E-state index in [-0.39, 0.29) is 0 Å². The minimum atomic E-state index is 0.497. The van der Waals surface area contributed by atoms with E-state index in [1.165, 1.54) is 0 Å². The van der Waals surface area contributed by atoms with E-state index in [1.54, 1.807) is 0 Å². The molecule has 0 bridgehead atoms. The van der Waals surface area contributed by atoms with Crippen LogP contribution >= 0.6 is 31.9 Å². The average molecular weight is 304 g/mol. The highest BCUT2D eigenvalue weighted by Crippen LogP contribution is 2.28. The van der Waals surface area contributed by atoms with Crippen molar-refractivity contribution in [2.24, 2.45) is 0 Å². The van der Waals surface area contributed by atoms with E-state index in [0.29, 0.717) is 5.69 Å². The molecule has 3 nitrogen and oxygen atoms in total. The fourth-order valence-corrected chi connectivity index (χ4v) is 2.47. The van der Waals surface area contributed by atoms with Crippen LogP contribution < -0.4 is 0 Å². The molecule has 1 aromatic heterocycles. The van der Waals surface area contributed by atoms with E-state index in [0.717, 1.165) is 26.1 Å². The van der Waals surface area contributed by atoms with Crippen LogP contribution in [-0.4, -0.2) is 16.5 Å². The van der Waals surface area contributed by atoms with Gasteiger partial charge in [-0.25, -0.2) is 0 Å². The van der Waals surface area contributed by atoms with Crippen LogP contribution in [0.2, 0.25) is 0 Å². The Morgan fingerprint density at radius 1 is 1.38 bits per heavy atom. The van der Waals surface area contributed by atoms with Crippen molar-refractivity contribution in [1.82, 2.24) is 10.2 Å². The highest BCUT2D eigenvalue weighted by molar-refractivity contribution is 9.11. The summed E-state index contributed by atoms with van der Waals surface area (Å²) in [5.74, 6) is 0. The number of aromatic nitrogens is 2. The maximum Gasteiger partial charge on any atom is 0.168 e. The molecule has 0 radical (unpaired) electrons. The molecule has 66 valence electrons. The fourth-order valence-electron chi connectivity index (χ4n) is 1.15. The normalized spacial score (nSPS) is 10.6. The summed E-state index contributed by atoms with van der Waals surface area (Å²) in [5.41, 5.74) is 1.27. The molecule has 1 heterocycles. The van der Waals surface area contributed by atoms with E-state index in [4.69, 9.17) is 0 Å². The van der Waals surface area contributed by atoms with Crippen LogP contribution in [0.25, 0.3) is 10.9 Å². The lowest BCUT2D eigenvalue weighted by atomic mass is 10.2. The molecule has 0 spiro atoms. The number of fused-ring (bicyclic) bond motifs is 1. The Bertz CT molecular complexity index is 478. The second-order valence-corrected chi connectivity index (χ2v) is 4.31. The summed E-state index contributed by atoms with van der Waals surface area (Å²) in [7, 11) is 0. The van der Waals surface area contributed by atoms with Gasteiger partial charge in [-0.1, -0.05) is 15.9 Å². The van der Waals surface area contributed by atoms with Gasteiger partial charge in [0.05, 0.1) is 0 Å². The second kappa shape index (κ2) is 3.23. The van der Waals surface area contributed by atoms with Gasteiger partial charge in [-0.15, -0.1) is 0 Å². The van der Waals surface area contributed by atoms with E-state index in [2.05, 4.69) is 42.1 Å². The summed E-state index contributed by atoms with van der Waals surface area (Å²) in [6, 6.07) is 3.74. The molecule has 13 heavy (non-hydrogen) atoms. The van der Waals surface area contributed by atoms with E-state index >= 15 is 0 Å². The number of H-pyrrole nitrogens is 1. The third-order valence-corrected chi connectivity index (χ3v) is 2.79. The van der Waals surface area contributed by atoms with Gasteiger partial charge < -0.3 is 0 Å². The molecule has 1 aromatic carbocycles. The van der Waals surface area contributed by atoms with Crippen molar-refractivity contribution in [3.63, 3.8) is 0 Å². The molecule has 0 saturated carbocycles. The van der Waals surface area contributed by atoms with Crippen molar-refractivity contribution in [3.05, 3.63) is 26.8 Å². The fraction of sp³-hybridized carbons (Fsp3) is 0. The highest BCUT2D eigenvalue weighted by Gasteiger charge is 2.08. The number of rotatable bonds is 1. The first-order chi connectivity index (χ1) is 6.22. The molecule has 5 heteroatoms. The summed E-state index contributed by atoms with van der Waals surface area (Å²) in [6.45, 7) is 0. The van der Waals surface area contributed by atoms with Gasteiger partial charge in [0.25, 0.3) is 0 Å². The molecule has 0 saturated heterocycles. The Balaban J connectivity index is 2.89. The van der Waals surface area contributed by atoms with Crippen LogP contribution in [0.3, 0.4) is 0 Å². The van der Waals surface area contributed by atoms with Crippen LogP contribution in [0.15, 0.2) is 21.1 Å². The van der Waals surface area contributed by atoms with Gasteiger partial charge in [0.1, 0.15) is 11.2 Å². The van der Waals surface area contributed by atoms with Crippen LogP contribution in [0, 0.1) is 0 Å². The lowest BCUT2D eigenvalue weighted by molar-refractivity contribution is 0.112. The summed E-state index contributed by atoms with van der Waals surface area (Å²) < 4.78 is 1.78. The van der Waals surface area contributed by atoms with Crippen LogP contribution in [0.5, 0.6) is 0 Å². The third kappa shape index (κ3) is 1.42. The first-order valence-corrected chi connectivity index (χ1v) is 5.09. The van der Waals surface area contributed by atoms with E-state index in [9.17, 15) is 4.79 Å². The Hall–Kier alpha value is -0.680. The summed E-state index contributed by atoms with van der Waals surface area (Å²) >= 11 is 6.71. The van der Waals surface area contributed by atoms with Crippen molar-refractivity contribution in [3.8, 4) is 0 Å². The van der Waals surface area contributed by atoms with Gasteiger partial charge in [0.15, 0.2) is 6.29 Å². The first kappa shape index (κ1) is 8.90. The predicted molar refractivity (Wildman–Crippen MR) is 56.9 cm³/mol. The molecule has 0 aliphatic heterocycles. The maximum atomic E-state index is 10.6. The van der Waals surface area contributed by atoms with Crippen molar-refractivity contribution >= 4 is 49.0 Å². The molecule has 0 unspecified atom stereocenters. The second-order valence-electron chi connectivity index (χ2n) is 2.54. The number of nitrogens with one attached hydrogen (secondary N) is 1. The summed E-state index contributed by atoms with van der Waals surface area (Å²) in [4.78, 5) is 10.6. The molecule has 0 atom stereocenters. The number of halogens is 2.